The van der Waals surface area contributed by atoms with Gasteiger partial charge in [-0.25, -0.2) is 0 Å². The van der Waals surface area contributed by atoms with Gasteiger partial charge in [0.1, 0.15) is 5.75 Å². The normalized spacial score (nSPS) is 12.4. The molecule has 0 amide bonds. The second kappa shape index (κ2) is 6.57. The van der Waals surface area contributed by atoms with Crippen molar-refractivity contribution in [2.75, 3.05) is 7.11 Å². The smallest absolute Gasteiger partial charge is 0.118 e. The molecule has 0 saturated carbocycles. The van der Waals surface area contributed by atoms with Crippen molar-refractivity contribution in [3.05, 3.63) is 47.3 Å². The zero-order valence-electron chi connectivity index (χ0n) is 12.5. The van der Waals surface area contributed by atoms with Crippen LogP contribution in [-0.4, -0.2) is 22.9 Å². The van der Waals surface area contributed by atoms with E-state index in [1.54, 1.807) is 7.11 Å². The van der Waals surface area contributed by atoms with Crippen molar-refractivity contribution >= 4 is 0 Å². The highest BCUT2D eigenvalue weighted by atomic mass is 16.5. The molecule has 0 aliphatic heterocycles. The van der Waals surface area contributed by atoms with E-state index in [4.69, 9.17) is 10.5 Å². The minimum absolute atomic E-state index is 0.159. The SMILES string of the molecule is COc1ccc(CCC(N)Cc2cc(C)nn2C)cc1. The van der Waals surface area contributed by atoms with Crippen LogP contribution in [0.3, 0.4) is 0 Å². The van der Waals surface area contributed by atoms with Crippen LogP contribution < -0.4 is 10.5 Å². The fourth-order valence-corrected chi connectivity index (χ4v) is 2.37. The van der Waals surface area contributed by atoms with Crippen LogP contribution in [0.15, 0.2) is 30.3 Å². The van der Waals surface area contributed by atoms with Crippen LogP contribution in [0.25, 0.3) is 0 Å². The van der Waals surface area contributed by atoms with E-state index in [1.165, 1.54) is 11.3 Å². The summed E-state index contributed by atoms with van der Waals surface area (Å²) >= 11 is 0. The minimum atomic E-state index is 0.159. The van der Waals surface area contributed by atoms with Gasteiger partial charge in [-0.15, -0.1) is 0 Å². The lowest BCUT2D eigenvalue weighted by Crippen LogP contribution is -2.24. The van der Waals surface area contributed by atoms with E-state index >= 15 is 0 Å². The van der Waals surface area contributed by atoms with Crippen LogP contribution >= 0.6 is 0 Å². The molecule has 0 spiro atoms. The molecule has 108 valence electrons. The van der Waals surface area contributed by atoms with Gasteiger partial charge in [0.2, 0.25) is 0 Å². The van der Waals surface area contributed by atoms with Crippen molar-refractivity contribution in [1.82, 2.24) is 9.78 Å². The lowest BCUT2D eigenvalue weighted by molar-refractivity contribution is 0.414. The Hall–Kier alpha value is -1.81. The molecule has 2 aromatic rings. The summed E-state index contributed by atoms with van der Waals surface area (Å²) in [5.74, 6) is 0.892. The van der Waals surface area contributed by atoms with Crippen LogP contribution in [-0.2, 0) is 19.9 Å². The van der Waals surface area contributed by atoms with Gasteiger partial charge in [0.25, 0.3) is 0 Å². The molecular formula is C16H23N3O. The maximum absolute atomic E-state index is 6.22. The number of nitrogens with two attached hydrogens (primary N) is 1. The Morgan fingerprint density at radius 3 is 2.55 bits per heavy atom. The second-order valence-corrected chi connectivity index (χ2v) is 5.25. The molecule has 1 aromatic carbocycles. The zero-order valence-corrected chi connectivity index (χ0v) is 12.5. The van der Waals surface area contributed by atoms with Crippen molar-refractivity contribution in [2.24, 2.45) is 12.8 Å². The van der Waals surface area contributed by atoms with E-state index in [-0.39, 0.29) is 6.04 Å². The van der Waals surface area contributed by atoms with Gasteiger partial charge in [0.15, 0.2) is 0 Å². The second-order valence-electron chi connectivity index (χ2n) is 5.25. The maximum atomic E-state index is 6.22. The van der Waals surface area contributed by atoms with Gasteiger partial charge < -0.3 is 10.5 Å². The number of hydrogen-bond acceptors (Lipinski definition) is 3. The van der Waals surface area contributed by atoms with Crippen molar-refractivity contribution < 1.29 is 4.74 Å². The first-order chi connectivity index (χ1) is 9.58. The molecule has 1 heterocycles. The predicted molar refractivity (Wildman–Crippen MR) is 80.9 cm³/mol. The van der Waals surface area contributed by atoms with Gasteiger partial charge in [-0.1, -0.05) is 12.1 Å². The Bertz CT molecular complexity index is 545. The largest absolute Gasteiger partial charge is 0.497 e. The molecule has 0 fully saturated rings. The fraction of sp³-hybridized carbons (Fsp3) is 0.438. The molecule has 1 unspecified atom stereocenters. The third-order valence-electron chi connectivity index (χ3n) is 3.53. The van der Waals surface area contributed by atoms with Crippen molar-refractivity contribution in [2.45, 2.75) is 32.2 Å². The molecule has 0 aliphatic carbocycles. The molecule has 0 aliphatic rings. The van der Waals surface area contributed by atoms with Crippen LogP contribution in [0, 0.1) is 6.92 Å². The van der Waals surface area contributed by atoms with Crippen molar-refractivity contribution in [3.63, 3.8) is 0 Å². The van der Waals surface area contributed by atoms with Crippen molar-refractivity contribution in [1.29, 1.82) is 0 Å². The first kappa shape index (κ1) is 14.6. The number of aryl methyl sites for hydroxylation is 3. The van der Waals surface area contributed by atoms with Gasteiger partial charge in [0, 0.05) is 25.2 Å². The van der Waals surface area contributed by atoms with Gasteiger partial charge in [-0.3, -0.25) is 4.68 Å². The summed E-state index contributed by atoms with van der Waals surface area (Å²) < 4.78 is 7.07. The molecule has 20 heavy (non-hydrogen) atoms. The monoisotopic (exact) mass is 273 g/mol. The topological polar surface area (TPSA) is 53.1 Å². The molecule has 0 radical (unpaired) electrons. The highest BCUT2D eigenvalue weighted by molar-refractivity contribution is 5.27. The molecule has 4 heteroatoms. The van der Waals surface area contributed by atoms with Gasteiger partial charge >= 0.3 is 0 Å². The summed E-state index contributed by atoms with van der Waals surface area (Å²) in [6, 6.07) is 10.4. The number of benzene rings is 1. The summed E-state index contributed by atoms with van der Waals surface area (Å²) in [5.41, 5.74) is 9.76. The number of ether oxygens (including phenoxy) is 1. The fourth-order valence-electron chi connectivity index (χ4n) is 2.37. The summed E-state index contributed by atoms with van der Waals surface area (Å²) in [4.78, 5) is 0. The molecule has 2 N–H and O–H groups in total. The summed E-state index contributed by atoms with van der Waals surface area (Å²) in [7, 11) is 3.65. The first-order valence-corrected chi connectivity index (χ1v) is 6.96. The van der Waals surface area contributed by atoms with Crippen LogP contribution in [0.5, 0.6) is 5.75 Å². The summed E-state index contributed by atoms with van der Waals surface area (Å²) in [5, 5.41) is 4.35. The molecule has 0 bridgehead atoms. The van der Waals surface area contributed by atoms with Crippen LogP contribution in [0.2, 0.25) is 0 Å². The molecule has 2 rings (SSSR count). The van der Waals surface area contributed by atoms with Crippen molar-refractivity contribution in [3.8, 4) is 5.75 Å². The molecule has 1 aromatic heterocycles. The van der Waals surface area contributed by atoms with E-state index in [0.29, 0.717) is 0 Å². The third kappa shape index (κ3) is 3.84. The zero-order chi connectivity index (χ0) is 14.5. The lowest BCUT2D eigenvalue weighted by atomic mass is 10.0. The highest BCUT2D eigenvalue weighted by Crippen LogP contribution is 2.14. The lowest BCUT2D eigenvalue weighted by Gasteiger charge is -2.12. The summed E-state index contributed by atoms with van der Waals surface area (Å²) in [6.07, 6.45) is 2.83. The maximum Gasteiger partial charge on any atom is 0.118 e. The summed E-state index contributed by atoms with van der Waals surface area (Å²) in [6.45, 7) is 2.01. The van der Waals surface area contributed by atoms with Gasteiger partial charge in [-0.2, -0.15) is 5.10 Å². The highest BCUT2D eigenvalue weighted by Gasteiger charge is 2.09. The van der Waals surface area contributed by atoms with Crippen LogP contribution in [0.4, 0.5) is 0 Å². The number of rotatable bonds is 6. The minimum Gasteiger partial charge on any atom is -0.497 e. The molecule has 4 nitrogen and oxygen atoms in total. The molecule has 0 saturated heterocycles. The van der Waals surface area contributed by atoms with Gasteiger partial charge in [0.05, 0.1) is 12.8 Å². The van der Waals surface area contributed by atoms with Crippen LogP contribution in [0.1, 0.15) is 23.4 Å². The van der Waals surface area contributed by atoms with Gasteiger partial charge in [-0.05, 0) is 43.5 Å². The Balaban J connectivity index is 1.85. The first-order valence-electron chi connectivity index (χ1n) is 6.96. The Labute approximate surface area is 120 Å². The number of methoxy groups -OCH3 is 1. The van der Waals surface area contributed by atoms with E-state index in [0.717, 1.165) is 30.7 Å². The number of aromatic nitrogens is 2. The Morgan fingerprint density at radius 2 is 2.00 bits per heavy atom. The standard InChI is InChI=1S/C16H23N3O/c1-12-10-15(19(2)18-12)11-14(17)7-4-13-5-8-16(20-3)9-6-13/h5-6,8-10,14H,4,7,11,17H2,1-3H3. The predicted octanol–water partition coefficient (Wildman–Crippen LogP) is 2.24. The Kier molecular flexibility index (Phi) is 4.79. The van der Waals surface area contributed by atoms with E-state index in [9.17, 15) is 0 Å². The average Bonchev–Trinajstić information content (AvgIpc) is 2.75. The molecule has 1 atom stereocenters. The van der Waals surface area contributed by atoms with E-state index in [1.807, 2.05) is 30.8 Å². The third-order valence-corrected chi connectivity index (χ3v) is 3.53. The quantitative estimate of drug-likeness (QED) is 0.878. The number of nitrogens with zero attached hydrogens (tertiary/aromatic N) is 2. The van der Waals surface area contributed by atoms with E-state index in [2.05, 4.69) is 23.3 Å². The van der Waals surface area contributed by atoms with E-state index < -0.39 is 0 Å². The number of hydrogen-bond donors (Lipinski definition) is 1. The Morgan fingerprint density at radius 1 is 1.30 bits per heavy atom. The average molecular weight is 273 g/mol. The molecular weight excluding hydrogens is 250 g/mol.